The van der Waals surface area contributed by atoms with Gasteiger partial charge in [0.2, 0.25) is 0 Å². The minimum Gasteiger partial charge on any atom is -0.469 e. The summed E-state index contributed by atoms with van der Waals surface area (Å²) in [4.78, 5) is 11.4. The topological polar surface area (TPSA) is 38.3 Å². The smallest absolute Gasteiger partial charge is 0.309 e. The van der Waals surface area contributed by atoms with Crippen LogP contribution in [0.15, 0.2) is 48.5 Å². The Morgan fingerprint density at radius 3 is 2.77 bits per heavy atom. The standard InChI is InChI=1S/C19H21NO2/c1-22-19(21)13-15-7-8-17-16(11-15)9-10-20-18(17)12-14-5-3-2-4-6-14/h2-8,11,18,20H,9-10,12-13H2,1H3. The molecule has 0 radical (unpaired) electrons. The van der Waals surface area contributed by atoms with Gasteiger partial charge in [-0.3, -0.25) is 4.79 Å². The lowest BCUT2D eigenvalue weighted by molar-refractivity contribution is -0.139. The molecule has 0 bridgehead atoms. The van der Waals surface area contributed by atoms with Crippen LogP contribution in [0.3, 0.4) is 0 Å². The first-order valence-corrected chi connectivity index (χ1v) is 7.72. The van der Waals surface area contributed by atoms with Crippen molar-refractivity contribution >= 4 is 5.97 Å². The van der Waals surface area contributed by atoms with Crippen LogP contribution < -0.4 is 5.32 Å². The molecule has 3 nitrogen and oxygen atoms in total. The maximum Gasteiger partial charge on any atom is 0.309 e. The van der Waals surface area contributed by atoms with E-state index in [0.717, 1.165) is 24.9 Å². The quantitative estimate of drug-likeness (QED) is 0.882. The van der Waals surface area contributed by atoms with Gasteiger partial charge in [-0.05, 0) is 41.6 Å². The Bertz CT molecular complexity index is 652. The number of methoxy groups -OCH3 is 1. The van der Waals surface area contributed by atoms with E-state index in [1.165, 1.54) is 23.8 Å². The predicted molar refractivity (Wildman–Crippen MR) is 86.8 cm³/mol. The lowest BCUT2D eigenvalue weighted by atomic mass is 9.89. The van der Waals surface area contributed by atoms with Gasteiger partial charge in [-0.15, -0.1) is 0 Å². The normalized spacial score (nSPS) is 16.9. The van der Waals surface area contributed by atoms with Crippen molar-refractivity contribution in [1.29, 1.82) is 0 Å². The van der Waals surface area contributed by atoms with Gasteiger partial charge in [0, 0.05) is 6.04 Å². The molecule has 114 valence electrons. The number of hydrogen-bond acceptors (Lipinski definition) is 3. The molecule has 0 fully saturated rings. The van der Waals surface area contributed by atoms with Crippen molar-refractivity contribution in [3.8, 4) is 0 Å². The molecular formula is C19H21NO2. The van der Waals surface area contributed by atoms with E-state index in [9.17, 15) is 4.79 Å². The van der Waals surface area contributed by atoms with Crippen molar-refractivity contribution in [3.05, 3.63) is 70.8 Å². The minimum atomic E-state index is -0.185. The number of carbonyl (C=O) groups excluding carboxylic acids is 1. The van der Waals surface area contributed by atoms with Crippen molar-refractivity contribution in [2.24, 2.45) is 0 Å². The molecule has 1 aliphatic rings. The second-order valence-electron chi connectivity index (χ2n) is 5.73. The molecule has 1 heterocycles. The van der Waals surface area contributed by atoms with Gasteiger partial charge in [-0.2, -0.15) is 0 Å². The van der Waals surface area contributed by atoms with Gasteiger partial charge < -0.3 is 10.1 Å². The van der Waals surface area contributed by atoms with Crippen LogP contribution in [-0.2, 0) is 28.8 Å². The number of esters is 1. The third kappa shape index (κ3) is 3.37. The van der Waals surface area contributed by atoms with E-state index in [1.807, 2.05) is 12.1 Å². The van der Waals surface area contributed by atoms with Crippen LogP contribution in [0.1, 0.15) is 28.3 Å². The van der Waals surface area contributed by atoms with Crippen LogP contribution in [0, 0.1) is 0 Å². The number of carbonyl (C=O) groups is 1. The zero-order valence-electron chi connectivity index (χ0n) is 12.8. The number of rotatable bonds is 4. The first-order valence-electron chi connectivity index (χ1n) is 7.72. The SMILES string of the molecule is COC(=O)Cc1ccc2c(c1)CCNC2Cc1ccccc1. The van der Waals surface area contributed by atoms with Crippen molar-refractivity contribution in [2.45, 2.75) is 25.3 Å². The molecule has 0 spiro atoms. The Morgan fingerprint density at radius 2 is 2.00 bits per heavy atom. The molecule has 2 aromatic carbocycles. The molecule has 1 atom stereocenters. The largest absolute Gasteiger partial charge is 0.469 e. The van der Waals surface area contributed by atoms with Crippen LogP contribution in [-0.4, -0.2) is 19.6 Å². The van der Waals surface area contributed by atoms with Crippen LogP contribution in [0.4, 0.5) is 0 Å². The molecule has 0 saturated heterocycles. The van der Waals surface area contributed by atoms with Crippen LogP contribution in [0.25, 0.3) is 0 Å². The summed E-state index contributed by atoms with van der Waals surface area (Å²) >= 11 is 0. The fraction of sp³-hybridized carbons (Fsp3) is 0.316. The number of ether oxygens (including phenoxy) is 1. The highest BCUT2D eigenvalue weighted by Crippen LogP contribution is 2.27. The van der Waals surface area contributed by atoms with E-state index in [2.05, 4.69) is 41.7 Å². The van der Waals surface area contributed by atoms with Gasteiger partial charge in [0.15, 0.2) is 0 Å². The molecule has 1 unspecified atom stereocenters. The lowest BCUT2D eigenvalue weighted by Gasteiger charge is -2.27. The maximum absolute atomic E-state index is 11.4. The van der Waals surface area contributed by atoms with E-state index in [1.54, 1.807) is 0 Å². The molecule has 1 N–H and O–H groups in total. The van der Waals surface area contributed by atoms with Gasteiger partial charge in [-0.1, -0.05) is 48.5 Å². The van der Waals surface area contributed by atoms with Crippen molar-refractivity contribution in [3.63, 3.8) is 0 Å². The van der Waals surface area contributed by atoms with Crippen molar-refractivity contribution in [2.75, 3.05) is 13.7 Å². The number of fused-ring (bicyclic) bond motifs is 1. The lowest BCUT2D eigenvalue weighted by Crippen LogP contribution is -2.31. The summed E-state index contributed by atoms with van der Waals surface area (Å²) in [5, 5.41) is 3.60. The number of hydrogen-bond donors (Lipinski definition) is 1. The monoisotopic (exact) mass is 295 g/mol. The highest BCUT2D eigenvalue weighted by molar-refractivity contribution is 5.72. The fourth-order valence-corrected chi connectivity index (χ4v) is 3.09. The first kappa shape index (κ1) is 14.8. The van der Waals surface area contributed by atoms with Crippen molar-refractivity contribution < 1.29 is 9.53 Å². The number of benzene rings is 2. The summed E-state index contributed by atoms with van der Waals surface area (Å²) in [7, 11) is 1.43. The zero-order chi connectivity index (χ0) is 15.4. The molecule has 1 aliphatic heterocycles. The first-order chi connectivity index (χ1) is 10.8. The molecule has 0 amide bonds. The number of nitrogens with one attached hydrogen (secondary N) is 1. The average molecular weight is 295 g/mol. The summed E-state index contributed by atoms with van der Waals surface area (Å²) in [6.07, 6.45) is 2.35. The molecule has 22 heavy (non-hydrogen) atoms. The summed E-state index contributed by atoms with van der Waals surface area (Å²) in [6.45, 7) is 0.978. The molecule has 0 aromatic heterocycles. The van der Waals surface area contributed by atoms with Gasteiger partial charge >= 0.3 is 5.97 Å². The fourth-order valence-electron chi connectivity index (χ4n) is 3.09. The van der Waals surface area contributed by atoms with E-state index < -0.39 is 0 Å². The molecule has 3 rings (SSSR count). The summed E-state index contributed by atoms with van der Waals surface area (Å²) in [6, 6.07) is 17.3. The average Bonchev–Trinajstić information content (AvgIpc) is 2.56. The van der Waals surface area contributed by atoms with Gasteiger partial charge in [0.25, 0.3) is 0 Å². The summed E-state index contributed by atoms with van der Waals surface area (Å²) in [5.41, 5.74) is 5.07. The van der Waals surface area contributed by atoms with Gasteiger partial charge in [-0.25, -0.2) is 0 Å². The Hall–Kier alpha value is -2.13. The maximum atomic E-state index is 11.4. The van der Waals surface area contributed by atoms with Crippen LogP contribution >= 0.6 is 0 Å². The summed E-state index contributed by atoms with van der Waals surface area (Å²) < 4.78 is 4.75. The van der Waals surface area contributed by atoms with E-state index in [0.29, 0.717) is 12.5 Å². The van der Waals surface area contributed by atoms with E-state index in [4.69, 9.17) is 4.74 Å². The second kappa shape index (κ2) is 6.75. The van der Waals surface area contributed by atoms with Gasteiger partial charge in [0.05, 0.1) is 13.5 Å². The molecule has 0 aliphatic carbocycles. The van der Waals surface area contributed by atoms with E-state index in [-0.39, 0.29) is 5.97 Å². The Kier molecular flexibility index (Phi) is 4.54. The Morgan fingerprint density at radius 1 is 1.18 bits per heavy atom. The van der Waals surface area contributed by atoms with Gasteiger partial charge in [0.1, 0.15) is 0 Å². The zero-order valence-corrected chi connectivity index (χ0v) is 12.8. The van der Waals surface area contributed by atoms with Crippen LogP contribution in [0.2, 0.25) is 0 Å². The molecule has 2 aromatic rings. The molecule has 3 heteroatoms. The summed E-state index contributed by atoms with van der Waals surface area (Å²) in [5.74, 6) is -0.185. The second-order valence-corrected chi connectivity index (χ2v) is 5.73. The van der Waals surface area contributed by atoms with Crippen LogP contribution in [0.5, 0.6) is 0 Å². The Labute approximate surface area is 131 Å². The van der Waals surface area contributed by atoms with Crippen molar-refractivity contribution in [1.82, 2.24) is 5.32 Å². The predicted octanol–water partition coefficient (Wildman–Crippen LogP) is 2.83. The minimum absolute atomic E-state index is 0.185. The third-order valence-corrected chi connectivity index (χ3v) is 4.23. The Balaban J connectivity index is 1.80. The van der Waals surface area contributed by atoms with E-state index >= 15 is 0 Å². The molecule has 0 saturated carbocycles. The third-order valence-electron chi connectivity index (χ3n) is 4.23. The highest BCUT2D eigenvalue weighted by Gasteiger charge is 2.20. The highest BCUT2D eigenvalue weighted by atomic mass is 16.5. The molecular weight excluding hydrogens is 274 g/mol.